The van der Waals surface area contributed by atoms with Crippen molar-refractivity contribution < 1.29 is 19.4 Å². The Hall–Kier alpha value is -2.15. The lowest BCUT2D eigenvalue weighted by atomic mass is 10.2. The fourth-order valence-corrected chi connectivity index (χ4v) is 1.63. The molecule has 7 nitrogen and oxygen atoms in total. The summed E-state index contributed by atoms with van der Waals surface area (Å²) in [5.74, 6) is -1.17. The lowest BCUT2D eigenvalue weighted by Crippen LogP contribution is -2.33. The highest BCUT2D eigenvalue weighted by atomic mass is 16.5. The molecule has 0 saturated heterocycles. The van der Waals surface area contributed by atoms with Crippen LogP contribution in [-0.2, 0) is 9.53 Å². The van der Waals surface area contributed by atoms with Crippen LogP contribution in [0, 0.1) is 0 Å². The predicted molar refractivity (Wildman–Crippen MR) is 74.0 cm³/mol. The number of nitrogens with zero attached hydrogens (tertiary/aromatic N) is 3. The molecule has 1 heterocycles. The Balaban J connectivity index is 2.98. The number of rotatable bonds is 7. The topological polar surface area (TPSA) is 83.0 Å². The second-order valence-electron chi connectivity index (χ2n) is 4.41. The van der Waals surface area contributed by atoms with Gasteiger partial charge in [-0.3, -0.25) is 14.6 Å². The molecule has 0 aliphatic heterocycles. The summed E-state index contributed by atoms with van der Waals surface area (Å²) in [4.78, 5) is 29.8. The highest BCUT2D eigenvalue weighted by Gasteiger charge is 2.15. The number of methoxy groups -OCH3 is 1. The Morgan fingerprint density at radius 3 is 2.65 bits per heavy atom. The smallest absolute Gasteiger partial charge is 0.323 e. The molecule has 1 rings (SSSR count). The third kappa shape index (κ3) is 4.51. The number of pyridine rings is 1. The van der Waals surface area contributed by atoms with E-state index < -0.39 is 5.97 Å². The molecule has 7 heteroatoms. The summed E-state index contributed by atoms with van der Waals surface area (Å²) >= 11 is 0. The standard InChI is InChI=1S/C13H19N3O4/c1-15(2)13(19)11-8-10(4-5-14-11)16(6-7-20-3)9-12(17)18/h4-5,8H,6-7,9H2,1-3H3,(H,17,18). The molecule has 0 aromatic carbocycles. The third-order valence-corrected chi connectivity index (χ3v) is 2.63. The molecule has 0 aliphatic rings. The van der Waals surface area contributed by atoms with E-state index in [1.54, 1.807) is 38.2 Å². The first-order chi connectivity index (χ1) is 9.45. The summed E-state index contributed by atoms with van der Waals surface area (Å²) < 4.78 is 4.97. The minimum Gasteiger partial charge on any atom is -0.480 e. The molecule has 0 atom stereocenters. The number of anilines is 1. The van der Waals surface area contributed by atoms with Gasteiger partial charge < -0.3 is 19.6 Å². The number of carboxylic acid groups (broad SMARTS) is 1. The first-order valence-corrected chi connectivity index (χ1v) is 6.09. The van der Waals surface area contributed by atoms with Gasteiger partial charge in [0.15, 0.2) is 0 Å². The number of aromatic nitrogens is 1. The van der Waals surface area contributed by atoms with Crippen molar-refractivity contribution >= 4 is 17.6 Å². The summed E-state index contributed by atoms with van der Waals surface area (Å²) in [7, 11) is 4.82. The molecular weight excluding hydrogens is 262 g/mol. The van der Waals surface area contributed by atoms with E-state index in [-0.39, 0.29) is 18.1 Å². The maximum Gasteiger partial charge on any atom is 0.323 e. The monoisotopic (exact) mass is 281 g/mol. The second-order valence-corrected chi connectivity index (χ2v) is 4.41. The van der Waals surface area contributed by atoms with Crippen molar-refractivity contribution in [3.05, 3.63) is 24.0 Å². The maximum atomic E-state index is 11.9. The lowest BCUT2D eigenvalue weighted by molar-refractivity contribution is -0.135. The maximum absolute atomic E-state index is 11.9. The molecule has 110 valence electrons. The average Bonchev–Trinajstić information content (AvgIpc) is 2.42. The van der Waals surface area contributed by atoms with E-state index >= 15 is 0 Å². The molecule has 0 saturated carbocycles. The molecule has 0 radical (unpaired) electrons. The van der Waals surface area contributed by atoms with E-state index in [1.165, 1.54) is 11.1 Å². The van der Waals surface area contributed by atoms with Gasteiger partial charge in [0.05, 0.1) is 6.61 Å². The van der Waals surface area contributed by atoms with Crippen LogP contribution in [-0.4, -0.2) is 67.8 Å². The van der Waals surface area contributed by atoms with Gasteiger partial charge in [-0.1, -0.05) is 0 Å². The van der Waals surface area contributed by atoms with Gasteiger partial charge in [-0.15, -0.1) is 0 Å². The van der Waals surface area contributed by atoms with E-state index in [0.717, 1.165) is 0 Å². The van der Waals surface area contributed by atoms with Gasteiger partial charge in [0.2, 0.25) is 0 Å². The normalized spacial score (nSPS) is 10.2. The van der Waals surface area contributed by atoms with Crippen LogP contribution in [0.1, 0.15) is 10.5 Å². The number of carbonyl (C=O) groups is 2. The Labute approximate surface area is 117 Å². The van der Waals surface area contributed by atoms with Crippen molar-refractivity contribution in [2.24, 2.45) is 0 Å². The number of carbonyl (C=O) groups excluding carboxylic acids is 1. The van der Waals surface area contributed by atoms with Crippen molar-refractivity contribution in [3.63, 3.8) is 0 Å². The SMILES string of the molecule is COCCN(CC(=O)O)c1ccnc(C(=O)N(C)C)c1. The van der Waals surface area contributed by atoms with Gasteiger partial charge in [0.25, 0.3) is 5.91 Å². The highest BCUT2D eigenvalue weighted by Crippen LogP contribution is 2.15. The molecule has 1 aromatic heterocycles. The molecule has 1 aromatic rings. The Kier molecular flexibility index (Phi) is 5.92. The first-order valence-electron chi connectivity index (χ1n) is 6.09. The minimum absolute atomic E-state index is 0.164. The van der Waals surface area contributed by atoms with Crippen molar-refractivity contribution in [2.75, 3.05) is 45.8 Å². The zero-order chi connectivity index (χ0) is 15.1. The molecule has 0 fully saturated rings. The van der Waals surface area contributed by atoms with E-state index in [4.69, 9.17) is 9.84 Å². The van der Waals surface area contributed by atoms with Crippen LogP contribution >= 0.6 is 0 Å². The van der Waals surface area contributed by atoms with E-state index in [9.17, 15) is 9.59 Å². The molecular formula is C13H19N3O4. The molecule has 1 N–H and O–H groups in total. The molecule has 0 bridgehead atoms. The summed E-state index contributed by atoms with van der Waals surface area (Å²) in [6.07, 6.45) is 1.49. The molecule has 1 amide bonds. The van der Waals surface area contributed by atoms with Crippen molar-refractivity contribution in [1.82, 2.24) is 9.88 Å². The lowest BCUT2D eigenvalue weighted by Gasteiger charge is -2.23. The van der Waals surface area contributed by atoms with Crippen LogP contribution in [0.3, 0.4) is 0 Å². The Bertz CT molecular complexity index is 476. The zero-order valence-corrected chi connectivity index (χ0v) is 11.9. The van der Waals surface area contributed by atoms with Crippen LogP contribution in [0.15, 0.2) is 18.3 Å². The van der Waals surface area contributed by atoms with Gasteiger partial charge in [-0.2, -0.15) is 0 Å². The summed E-state index contributed by atoms with van der Waals surface area (Å²) in [5, 5.41) is 8.94. The van der Waals surface area contributed by atoms with Crippen molar-refractivity contribution in [2.45, 2.75) is 0 Å². The van der Waals surface area contributed by atoms with Crippen LogP contribution in [0.4, 0.5) is 5.69 Å². The van der Waals surface area contributed by atoms with Crippen LogP contribution in [0.25, 0.3) is 0 Å². The van der Waals surface area contributed by atoms with Crippen LogP contribution in [0.5, 0.6) is 0 Å². The fourth-order valence-electron chi connectivity index (χ4n) is 1.63. The van der Waals surface area contributed by atoms with Gasteiger partial charge in [-0.25, -0.2) is 0 Å². The minimum atomic E-state index is -0.946. The molecule has 20 heavy (non-hydrogen) atoms. The number of hydrogen-bond acceptors (Lipinski definition) is 5. The van der Waals surface area contributed by atoms with Gasteiger partial charge in [-0.05, 0) is 12.1 Å². The number of amides is 1. The van der Waals surface area contributed by atoms with E-state index in [2.05, 4.69) is 4.98 Å². The van der Waals surface area contributed by atoms with Crippen molar-refractivity contribution in [3.8, 4) is 0 Å². The van der Waals surface area contributed by atoms with Crippen LogP contribution in [0.2, 0.25) is 0 Å². The number of carboxylic acids is 1. The third-order valence-electron chi connectivity index (χ3n) is 2.63. The number of hydrogen-bond donors (Lipinski definition) is 1. The quantitative estimate of drug-likeness (QED) is 0.775. The summed E-state index contributed by atoms with van der Waals surface area (Å²) in [5.41, 5.74) is 0.907. The average molecular weight is 281 g/mol. The fraction of sp³-hybridized carbons (Fsp3) is 0.462. The largest absolute Gasteiger partial charge is 0.480 e. The van der Waals surface area contributed by atoms with Crippen molar-refractivity contribution in [1.29, 1.82) is 0 Å². The van der Waals surface area contributed by atoms with Gasteiger partial charge >= 0.3 is 5.97 Å². The van der Waals surface area contributed by atoms with E-state index in [0.29, 0.717) is 18.8 Å². The molecule has 0 unspecified atom stereocenters. The van der Waals surface area contributed by atoms with E-state index in [1.807, 2.05) is 0 Å². The highest BCUT2D eigenvalue weighted by molar-refractivity contribution is 5.92. The molecule has 0 spiro atoms. The first kappa shape index (κ1) is 15.9. The summed E-state index contributed by atoms with van der Waals surface area (Å²) in [6, 6.07) is 3.26. The zero-order valence-electron chi connectivity index (χ0n) is 11.9. The number of ether oxygens (including phenoxy) is 1. The molecule has 0 aliphatic carbocycles. The second kappa shape index (κ2) is 7.44. The predicted octanol–water partition coefficient (Wildman–Crippen LogP) is 0.321. The summed E-state index contributed by atoms with van der Waals surface area (Å²) in [6.45, 7) is 0.651. The van der Waals surface area contributed by atoms with Gasteiger partial charge in [0.1, 0.15) is 12.2 Å². The Morgan fingerprint density at radius 1 is 1.40 bits per heavy atom. The van der Waals surface area contributed by atoms with Crippen LogP contribution < -0.4 is 4.90 Å². The number of aliphatic carboxylic acids is 1. The van der Waals surface area contributed by atoms with Gasteiger partial charge in [0, 0.05) is 39.6 Å². The Morgan fingerprint density at radius 2 is 2.10 bits per heavy atom.